The molecule has 0 amide bonds. The molecule has 1 atom stereocenters. The molecule has 0 unspecified atom stereocenters. The summed E-state index contributed by atoms with van der Waals surface area (Å²) in [6, 6.07) is 7.55. The first kappa shape index (κ1) is 19.9. The van der Waals surface area contributed by atoms with Crippen LogP contribution in [0.5, 0.6) is 0 Å². The largest absolute Gasteiger partial charge is 1.00 e. The van der Waals surface area contributed by atoms with Crippen molar-refractivity contribution >= 4 is 12.2 Å². The molecule has 0 aromatic heterocycles. The molecule has 0 saturated carbocycles. The van der Waals surface area contributed by atoms with Crippen LogP contribution in [-0.4, -0.2) is 45.4 Å². The van der Waals surface area contributed by atoms with Gasteiger partial charge in [0.15, 0.2) is 0 Å². The van der Waals surface area contributed by atoms with E-state index in [1.54, 1.807) is 12.1 Å². The van der Waals surface area contributed by atoms with Crippen LogP contribution >= 0.6 is 0 Å². The van der Waals surface area contributed by atoms with Crippen LogP contribution in [0.25, 0.3) is 0 Å². The minimum atomic E-state index is -0.447. The maximum Gasteiger partial charge on any atom is 1.00 e. The van der Waals surface area contributed by atoms with Gasteiger partial charge in [0.1, 0.15) is 0 Å². The predicted molar refractivity (Wildman–Crippen MR) is 73.2 cm³/mol. The predicted octanol–water partition coefficient (Wildman–Crippen LogP) is -2.30. The molecular formula is C14H18FLiN2O3-2. The Bertz CT molecular complexity index is 404. The Morgan fingerprint density at radius 1 is 1.57 bits per heavy atom. The van der Waals surface area contributed by atoms with Gasteiger partial charge in [0.05, 0.1) is 13.2 Å². The summed E-state index contributed by atoms with van der Waals surface area (Å²) < 4.78 is 22.6. The maximum atomic E-state index is 13.3. The van der Waals surface area contributed by atoms with Crippen molar-refractivity contribution in [3.05, 3.63) is 37.0 Å². The van der Waals surface area contributed by atoms with Gasteiger partial charge in [0.2, 0.25) is 0 Å². The Balaban J connectivity index is 0.000000436. The minimum absolute atomic E-state index is 0. The summed E-state index contributed by atoms with van der Waals surface area (Å²) in [5.74, 6) is -0.204. The molecule has 7 heteroatoms. The third kappa shape index (κ3) is 7.49. The molecule has 112 valence electrons. The van der Waals surface area contributed by atoms with Crippen molar-refractivity contribution in [1.82, 2.24) is 0 Å². The van der Waals surface area contributed by atoms with Crippen LogP contribution in [0.3, 0.4) is 0 Å². The van der Waals surface area contributed by atoms with Gasteiger partial charge in [-0.05, 0) is 12.2 Å². The van der Waals surface area contributed by atoms with Gasteiger partial charge in [-0.1, -0.05) is 12.6 Å². The van der Waals surface area contributed by atoms with Gasteiger partial charge in [-0.15, -0.1) is 12.1 Å². The van der Waals surface area contributed by atoms with Crippen molar-refractivity contribution in [2.45, 2.75) is 6.10 Å². The van der Waals surface area contributed by atoms with E-state index in [0.29, 0.717) is 18.9 Å². The number of hydrogen-bond donors (Lipinski definition) is 1. The molecule has 5 nitrogen and oxygen atoms in total. The Morgan fingerprint density at radius 3 is 2.71 bits per heavy atom. The Kier molecular flexibility index (Phi) is 11.0. The van der Waals surface area contributed by atoms with Gasteiger partial charge in [-0.3, -0.25) is 4.39 Å². The fraction of sp³-hybridized carbons (Fsp3) is 0.429. The number of morpholine rings is 1. The summed E-state index contributed by atoms with van der Waals surface area (Å²) >= 11 is 0. The van der Waals surface area contributed by atoms with Gasteiger partial charge in [0.25, 0.3) is 0 Å². The molecule has 1 aliphatic rings. The van der Waals surface area contributed by atoms with Crippen LogP contribution in [0, 0.1) is 18.8 Å². The van der Waals surface area contributed by atoms with Gasteiger partial charge >= 0.3 is 18.9 Å². The van der Waals surface area contributed by atoms with Crippen LogP contribution < -0.4 is 29.5 Å². The normalized spacial score (nSPS) is 15.1. The number of hydrogen-bond acceptors (Lipinski definition) is 5. The second-order valence-corrected chi connectivity index (χ2v) is 4.04. The number of nitrogens with two attached hydrogens (primary N) is 1. The molecule has 2 rings (SSSR count). The fourth-order valence-electron chi connectivity index (χ4n) is 1.58. The van der Waals surface area contributed by atoms with Crippen LogP contribution in [0.15, 0.2) is 18.2 Å². The quantitative estimate of drug-likeness (QED) is 0.498. The van der Waals surface area contributed by atoms with Crippen LogP contribution in [0.4, 0.5) is 10.1 Å². The van der Waals surface area contributed by atoms with Crippen LogP contribution in [0.1, 0.15) is 0 Å². The van der Waals surface area contributed by atoms with E-state index in [4.69, 9.17) is 10.5 Å². The minimum Gasteiger partial charge on any atom is -0.673 e. The Morgan fingerprint density at radius 2 is 2.24 bits per heavy atom. The van der Waals surface area contributed by atoms with E-state index in [2.05, 4.69) is 17.7 Å². The number of rotatable bonds is 4. The summed E-state index contributed by atoms with van der Waals surface area (Å²) in [5, 5.41) is 0. The third-order valence-corrected chi connectivity index (χ3v) is 2.62. The number of halogens is 1. The summed E-state index contributed by atoms with van der Waals surface area (Å²) in [4.78, 5) is 11.3. The number of nitrogens with zero attached hydrogens (tertiary/aromatic N) is 1. The van der Waals surface area contributed by atoms with Crippen LogP contribution in [-0.2, 0) is 14.3 Å². The standard InChI is InChI=1S/C10H11FNO.C4H7NO2.Li/c11-9-3-1-2-4-10(9)12-5-7-13-8-6-12;1-4(2-5)7-3-6;/h2-4H,5-8H2;4H,1-2,5H2;/q-1;-2;+1/t;4-;/m.1./s1. The van der Waals surface area contributed by atoms with Gasteiger partial charge < -0.3 is 31.8 Å². The van der Waals surface area contributed by atoms with Gasteiger partial charge in [-0.2, -0.15) is 12.1 Å². The summed E-state index contributed by atoms with van der Waals surface area (Å²) in [5.41, 5.74) is 5.65. The number of benzene rings is 1. The average Bonchev–Trinajstić information content (AvgIpc) is 2.49. The Labute approximate surface area is 136 Å². The van der Waals surface area contributed by atoms with Crippen molar-refractivity contribution in [2.24, 2.45) is 5.73 Å². The number of ether oxygens (including phenoxy) is 2. The molecule has 2 N–H and O–H groups in total. The molecule has 1 aromatic carbocycles. The van der Waals surface area contributed by atoms with Crippen molar-refractivity contribution in [3.63, 3.8) is 0 Å². The molecular weight excluding hydrogens is 270 g/mol. The summed E-state index contributed by atoms with van der Waals surface area (Å²) in [6.07, 6.45) is -0.447. The maximum absolute atomic E-state index is 13.3. The SMILES string of the molecule is Fc1c[c-]ccc1N1CCOCC1.[CH2-][C@H](CN)O[C-]=O.[Li+]. The van der Waals surface area contributed by atoms with Crippen molar-refractivity contribution < 1.29 is 37.5 Å². The molecule has 1 aromatic rings. The van der Waals surface area contributed by atoms with Crippen molar-refractivity contribution in [1.29, 1.82) is 0 Å². The zero-order valence-corrected chi connectivity index (χ0v) is 12.2. The van der Waals surface area contributed by atoms with Gasteiger partial charge in [0, 0.05) is 18.9 Å². The monoisotopic (exact) mass is 288 g/mol. The number of carbonyl (C=O) groups excluding carboxylic acids is 1. The molecule has 0 aliphatic carbocycles. The van der Waals surface area contributed by atoms with Crippen molar-refractivity contribution in [2.75, 3.05) is 37.7 Å². The molecule has 1 fully saturated rings. The zero-order valence-electron chi connectivity index (χ0n) is 12.2. The topological polar surface area (TPSA) is 64.8 Å². The van der Waals surface area contributed by atoms with Crippen molar-refractivity contribution in [3.8, 4) is 0 Å². The fourth-order valence-corrected chi connectivity index (χ4v) is 1.58. The molecule has 1 aliphatic heterocycles. The van der Waals surface area contributed by atoms with E-state index in [0.717, 1.165) is 13.1 Å². The molecule has 0 bridgehead atoms. The van der Waals surface area contributed by atoms with E-state index in [1.807, 2.05) is 4.90 Å². The van der Waals surface area contributed by atoms with E-state index in [9.17, 15) is 9.18 Å². The van der Waals surface area contributed by atoms with E-state index in [1.165, 1.54) is 12.5 Å². The Hall–Kier alpha value is -1.06. The molecule has 0 radical (unpaired) electrons. The smallest absolute Gasteiger partial charge is 0.673 e. The third-order valence-electron chi connectivity index (χ3n) is 2.62. The van der Waals surface area contributed by atoms with Crippen LogP contribution in [0.2, 0.25) is 0 Å². The first-order chi connectivity index (χ1) is 9.69. The van der Waals surface area contributed by atoms with Gasteiger partial charge in [-0.25, -0.2) is 0 Å². The molecule has 21 heavy (non-hydrogen) atoms. The second-order valence-electron chi connectivity index (χ2n) is 4.04. The number of anilines is 1. The average molecular weight is 288 g/mol. The first-order valence-electron chi connectivity index (χ1n) is 6.23. The molecule has 1 heterocycles. The van der Waals surface area contributed by atoms with E-state index < -0.39 is 6.10 Å². The molecule has 0 spiro atoms. The molecule has 1 saturated heterocycles. The zero-order chi connectivity index (χ0) is 14.8. The first-order valence-corrected chi connectivity index (χ1v) is 6.23. The second kappa shape index (κ2) is 11.6. The van der Waals surface area contributed by atoms with E-state index in [-0.39, 0.29) is 31.2 Å². The van der Waals surface area contributed by atoms with E-state index >= 15 is 0 Å². The summed E-state index contributed by atoms with van der Waals surface area (Å²) in [6.45, 7) is 7.69. The summed E-state index contributed by atoms with van der Waals surface area (Å²) in [7, 11) is 0.